The van der Waals surface area contributed by atoms with E-state index in [0.29, 0.717) is 0 Å². The maximum Gasteiger partial charge on any atom is 0.239 e. The molecule has 0 radical (unpaired) electrons. The highest BCUT2D eigenvalue weighted by Crippen LogP contribution is 1.91. The molecule has 4 heteroatoms. The Morgan fingerprint density at radius 1 is 1.29 bits per heavy atom. The Bertz CT molecular complexity index is 553. The highest BCUT2D eigenvalue weighted by Gasteiger charge is 2.05. The van der Waals surface area contributed by atoms with E-state index < -0.39 is 0 Å². The maximum atomic E-state index is 4.33. The number of quaternary nitrogens is 1. The fourth-order valence-corrected chi connectivity index (χ4v) is 1.43. The van der Waals surface area contributed by atoms with E-state index in [1.807, 2.05) is 48.8 Å². The van der Waals surface area contributed by atoms with E-state index >= 15 is 0 Å². The van der Waals surface area contributed by atoms with Gasteiger partial charge in [-0.2, -0.15) is 5.43 Å². The smallest absolute Gasteiger partial charge is 0.239 e. The number of hydrogen-bond acceptors (Lipinski definition) is 2. The molecule has 0 aromatic carbocycles. The zero-order chi connectivity index (χ0) is 9.97. The number of pyridine rings is 1. The Hall–Kier alpha value is -1.68. The van der Waals surface area contributed by atoms with Crippen molar-refractivity contribution in [1.82, 2.24) is 9.38 Å². The lowest BCUT2D eigenvalue weighted by atomic mass is 10.5. The van der Waals surface area contributed by atoms with Crippen molar-refractivity contribution < 1.29 is 5.43 Å². The zero-order valence-electron chi connectivity index (χ0n) is 8.31. The number of aromatic nitrogens is 2. The van der Waals surface area contributed by atoms with Crippen LogP contribution in [0, 0.1) is 0 Å². The Kier molecular flexibility index (Phi) is 2.28. The lowest BCUT2D eigenvalue weighted by Crippen LogP contribution is -2.69. The van der Waals surface area contributed by atoms with Gasteiger partial charge in [-0.3, -0.25) is 4.40 Å². The number of hydrogen-bond donors (Lipinski definition) is 1. The van der Waals surface area contributed by atoms with Gasteiger partial charge in [0.15, 0.2) is 5.35 Å². The van der Waals surface area contributed by atoms with E-state index in [2.05, 4.69) is 10.1 Å². The van der Waals surface area contributed by atoms with Crippen LogP contribution in [0.5, 0.6) is 0 Å². The highest BCUT2D eigenvalue weighted by atomic mass is 15.3. The van der Waals surface area contributed by atoms with Gasteiger partial charge in [-0.1, -0.05) is 25.0 Å². The molecule has 0 amide bonds. The van der Waals surface area contributed by atoms with Crippen LogP contribution < -0.4 is 16.3 Å². The van der Waals surface area contributed by atoms with Gasteiger partial charge in [0.25, 0.3) is 0 Å². The quantitative estimate of drug-likeness (QED) is 0.542. The fourth-order valence-electron chi connectivity index (χ4n) is 1.43. The van der Waals surface area contributed by atoms with Crippen LogP contribution in [0.1, 0.15) is 13.8 Å². The second-order valence-electron chi connectivity index (χ2n) is 2.69. The molecule has 2 aromatic heterocycles. The normalized spacial score (nSPS) is 12.4. The first-order chi connectivity index (χ1) is 6.95. The van der Waals surface area contributed by atoms with Crippen LogP contribution in [0.2, 0.25) is 0 Å². The molecule has 1 aliphatic heterocycles. The molecule has 2 N–H and O–H groups in total. The Morgan fingerprint density at radius 3 is 3.00 bits per heavy atom. The van der Waals surface area contributed by atoms with Crippen molar-refractivity contribution in [3.8, 4) is 0 Å². The summed E-state index contributed by atoms with van der Waals surface area (Å²) < 4.78 is 2.03. The lowest BCUT2D eigenvalue weighted by molar-refractivity contribution is -0.560. The van der Waals surface area contributed by atoms with Gasteiger partial charge in [-0.25, -0.2) is 4.98 Å². The van der Waals surface area contributed by atoms with Crippen molar-refractivity contribution in [2.24, 2.45) is 5.10 Å². The van der Waals surface area contributed by atoms with Crippen molar-refractivity contribution >= 4 is 11.8 Å². The van der Waals surface area contributed by atoms with Crippen molar-refractivity contribution in [1.29, 1.82) is 0 Å². The maximum absolute atomic E-state index is 4.33. The van der Waals surface area contributed by atoms with Crippen LogP contribution >= 0.6 is 0 Å². The molecule has 14 heavy (non-hydrogen) atoms. The zero-order valence-corrected chi connectivity index (χ0v) is 8.31. The Labute approximate surface area is 81.6 Å². The summed E-state index contributed by atoms with van der Waals surface area (Å²) >= 11 is 0. The standard InChI is InChI=1S/C8H6N4.C2H6/c1-2-4-12-6-5-9-11-8(6)10-7(12)3-1;1-2/h1-5H,(H,9,11);1-2H3/p+1. The molecule has 0 bridgehead atoms. The molecular formula is C10H13N4+. The number of imidazole rings is 1. The molecule has 0 saturated carbocycles. The third-order valence-corrected chi connectivity index (χ3v) is 1.98. The molecule has 3 rings (SSSR count). The predicted octanol–water partition coefficient (Wildman–Crippen LogP) is -0.790. The minimum atomic E-state index is 0.821. The van der Waals surface area contributed by atoms with Crippen molar-refractivity contribution in [2.75, 3.05) is 0 Å². The van der Waals surface area contributed by atoms with Gasteiger partial charge in [0.05, 0.1) is 0 Å². The molecule has 0 fully saturated rings. The topological polar surface area (TPSA) is 46.3 Å². The first kappa shape index (κ1) is 8.90. The molecule has 0 saturated heterocycles. The molecule has 0 atom stereocenters. The van der Waals surface area contributed by atoms with Crippen LogP contribution in [0.4, 0.5) is 0 Å². The first-order valence-corrected chi connectivity index (χ1v) is 4.80. The van der Waals surface area contributed by atoms with Crippen LogP contribution in [0.15, 0.2) is 29.5 Å². The second-order valence-corrected chi connectivity index (χ2v) is 2.69. The minimum Gasteiger partial charge on any atom is -0.293 e. The molecular weight excluding hydrogens is 176 g/mol. The van der Waals surface area contributed by atoms with Crippen molar-refractivity contribution in [2.45, 2.75) is 13.8 Å². The van der Waals surface area contributed by atoms with Gasteiger partial charge < -0.3 is 0 Å². The fraction of sp³-hybridized carbons (Fsp3) is 0.200. The van der Waals surface area contributed by atoms with E-state index in [9.17, 15) is 0 Å². The average molecular weight is 189 g/mol. The average Bonchev–Trinajstić information content (AvgIpc) is 2.80. The summed E-state index contributed by atoms with van der Waals surface area (Å²) in [6.07, 6.45) is 3.96. The molecule has 1 aliphatic rings. The molecule has 0 aliphatic carbocycles. The summed E-state index contributed by atoms with van der Waals surface area (Å²) in [6, 6.07) is 5.93. The summed E-state index contributed by atoms with van der Waals surface area (Å²) in [4.78, 5) is 4.33. The van der Waals surface area contributed by atoms with Crippen molar-refractivity contribution in [3.63, 3.8) is 0 Å². The monoisotopic (exact) mass is 189 g/mol. The summed E-state index contributed by atoms with van der Waals surface area (Å²) in [6.45, 7) is 4.00. The van der Waals surface area contributed by atoms with E-state index in [1.165, 1.54) is 0 Å². The van der Waals surface area contributed by atoms with Gasteiger partial charge in [0.1, 0.15) is 11.8 Å². The van der Waals surface area contributed by atoms with Crippen molar-refractivity contribution in [3.05, 3.63) is 35.2 Å². The van der Waals surface area contributed by atoms with Gasteiger partial charge in [0.2, 0.25) is 5.49 Å². The van der Waals surface area contributed by atoms with Crippen LogP contribution in [0.3, 0.4) is 0 Å². The number of nitrogens with zero attached hydrogens (tertiary/aromatic N) is 3. The third kappa shape index (κ3) is 1.20. The summed E-state index contributed by atoms with van der Waals surface area (Å²) in [7, 11) is 0. The van der Waals surface area contributed by atoms with Gasteiger partial charge in [-0.05, 0) is 12.1 Å². The summed E-state index contributed by atoms with van der Waals surface area (Å²) in [5, 5.41) is 5.20. The van der Waals surface area contributed by atoms with E-state index in [4.69, 9.17) is 0 Å². The molecule has 4 nitrogen and oxygen atoms in total. The molecule has 0 unspecified atom stereocenters. The Morgan fingerprint density at radius 2 is 2.14 bits per heavy atom. The number of nitrogens with two attached hydrogens (primary N) is 1. The van der Waals surface area contributed by atoms with E-state index in [0.717, 1.165) is 16.5 Å². The third-order valence-electron chi connectivity index (χ3n) is 1.98. The summed E-state index contributed by atoms with van der Waals surface area (Å²) in [5.74, 6) is 0. The van der Waals surface area contributed by atoms with Crippen LogP contribution in [-0.4, -0.2) is 9.38 Å². The van der Waals surface area contributed by atoms with Crippen LogP contribution in [-0.2, 0) is 0 Å². The number of fused-ring (bicyclic) bond motifs is 3. The Balaban J connectivity index is 0.000000354. The van der Waals surface area contributed by atoms with E-state index in [-0.39, 0.29) is 0 Å². The predicted molar refractivity (Wildman–Crippen MR) is 53.7 cm³/mol. The second kappa shape index (κ2) is 3.59. The lowest BCUT2D eigenvalue weighted by Gasteiger charge is -1.88. The van der Waals surface area contributed by atoms with Gasteiger partial charge in [-0.15, -0.1) is 0 Å². The van der Waals surface area contributed by atoms with Gasteiger partial charge in [0, 0.05) is 6.20 Å². The van der Waals surface area contributed by atoms with Crippen LogP contribution in [0.25, 0.3) is 11.8 Å². The largest absolute Gasteiger partial charge is 0.293 e. The number of rotatable bonds is 0. The first-order valence-electron chi connectivity index (χ1n) is 4.80. The molecule has 72 valence electrons. The minimum absolute atomic E-state index is 0.821. The highest BCUT2D eigenvalue weighted by molar-refractivity contribution is 5.38. The molecule has 3 heterocycles. The van der Waals surface area contributed by atoms with E-state index in [1.54, 1.807) is 5.43 Å². The summed E-state index contributed by atoms with van der Waals surface area (Å²) in [5.41, 5.74) is 3.55. The molecule has 0 spiro atoms. The molecule has 2 aromatic rings. The van der Waals surface area contributed by atoms with Gasteiger partial charge >= 0.3 is 0 Å². The SMILES string of the molecule is C1=c2c(nc3ccccn23)=N[NH2+]1.CC.